The third-order valence-corrected chi connectivity index (χ3v) is 7.60. The van der Waals surface area contributed by atoms with Crippen molar-refractivity contribution in [1.29, 1.82) is 0 Å². The molecule has 0 aromatic rings. The fourth-order valence-corrected chi connectivity index (χ4v) is 3.46. The Labute approximate surface area is 439 Å². The van der Waals surface area contributed by atoms with Crippen LogP contribution in [0.15, 0.2) is 6.08 Å². The maximum absolute atomic E-state index is 12.0. The van der Waals surface area contributed by atoms with Gasteiger partial charge in [-0.15, -0.1) is 6.54 Å². The van der Waals surface area contributed by atoms with Crippen LogP contribution in [0, 0.1) is 63.4 Å². The Morgan fingerprint density at radius 1 is 0.667 bits per heavy atom. The number of Topliss-reactive ketones (excluding diaryl/α,β-unsaturated/α-hetero) is 1. The Morgan fingerprint density at radius 2 is 1.02 bits per heavy atom. The zero-order valence-electron chi connectivity index (χ0n) is 41.9. The molecule has 0 heterocycles. The summed E-state index contributed by atoms with van der Waals surface area (Å²) in [6.45, 7) is 37.8. The van der Waals surface area contributed by atoms with Crippen molar-refractivity contribution >= 4 is 30.0 Å². The van der Waals surface area contributed by atoms with Gasteiger partial charge in [-0.2, -0.15) is 12.8 Å². The smallest absolute Gasteiger partial charge is 0.542 e. The van der Waals surface area contributed by atoms with Gasteiger partial charge in [0.1, 0.15) is 5.78 Å². The number of hydrogen-bond donors (Lipinski definition) is 1. The minimum atomic E-state index is -0.400. The van der Waals surface area contributed by atoms with Crippen LogP contribution in [0.25, 0.3) is 0 Å². The van der Waals surface area contributed by atoms with Gasteiger partial charge in [0.05, 0.1) is 39.5 Å². The van der Waals surface area contributed by atoms with Gasteiger partial charge in [-0.3, -0.25) is 36.4 Å². The van der Waals surface area contributed by atoms with Crippen molar-refractivity contribution in [3.63, 3.8) is 0 Å². The van der Waals surface area contributed by atoms with E-state index in [1.165, 1.54) is 89.7 Å². The molecule has 0 aliphatic rings. The molecule has 0 aromatic heterocycles. The van der Waals surface area contributed by atoms with Crippen molar-refractivity contribution in [2.75, 3.05) is 53.0 Å². The second kappa shape index (κ2) is 76.4. The minimum Gasteiger partial charge on any atom is -0.542 e. The first kappa shape index (κ1) is 80.4. The van der Waals surface area contributed by atoms with E-state index in [1.807, 2.05) is 14.0 Å². The molecule has 0 bridgehead atoms. The second-order valence-electron chi connectivity index (χ2n) is 14.1. The third kappa shape index (κ3) is 107. The van der Waals surface area contributed by atoms with Crippen molar-refractivity contribution in [1.82, 2.24) is 10.2 Å². The Bertz CT molecular complexity index is 811. The summed E-state index contributed by atoms with van der Waals surface area (Å²) in [4.78, 5) is 55.6. The SMILES string of the molecule is CCCC.CCCCCCCCOC(=O)CN(CC(C)=O)CC(=O)OCCCCCCCC.CCCOC(C)=O.C[C-]=O.[CH-]=CC(C)CC.[CH2-]C(C)CC.[CH2-]CNC.[K+].[U+2]. The normalized spacial score (nSPS) is 10.1. The number of rotatable bonds is 27. The zero-order chi connectivity index (χ0) is 46.3. The van der Waals surface area contributed by atoms with E-state index < -0.39 is 11.9 Å². The molecule has 2 unspecified atom stereocenters. The molecule has 0 fully saturated rings. The quantitative estimate of drug-likeness (QED) is 0.0281. The second-order valence-corrected chi connectivity index (χ2v) is 14.1. The summed E-state index contributed by atoms with van der Waals surface area (Å²) in [5.74, 6) is 0.131. The van der Waals surface area contributed by atoms with Gasteiger partial charge in [0.2, 0.25) is 0 Å². The predicted molar refractivity (Wildman–Crippen MR) is 247 cm³/mol. The van der Waals surface area contributed by atoms with Crippen LogP contribution in [0.3, 0.4) is 0 Å². The van der Waals surface area contributed by atoms with E-state index in [2.05, 4.69) is 79.3 Å². The average Bonchev–Trinajstić information content (AvgIpc) is 3.19. The van der Waals surface area contributed by atoms with Crippen LogP contribution >= 0.6 is 0 Å². The molecular weight excluding hydrogens is 1010 g/mol. The van der Waals surface area contributed by atoms with E-state index >= 15 is 0 Å². The summed E-state index contributed by atoms with van der Waals surface area (Å²) < 4.78 is 15.0. The van der Waals surface area contributed by atoms with E-state index in [9.17, 15) is 19.2 Å². The van der Waals surface area contributed by atoms with Crippen molar-refractivity contribution in [2.45, 2.75) is 192 Å². The van der Waals surface area contributed by atoms with Gasteiger partial charge in [-0.1, -0.05) is 158 Å². The molecule has 0 radical (unpaired) electrons. The topological polar surface area (TPSA) is 128 Å². The summed E-state index contributed by atoms with van der Waals surface area (Å²) in [5.41, 5.74) is 0. The summed E-state index contributed by atoms with van der Waals surface area (Å²) in [7, 11) is 1.87. The Kier molecular flexibility index (Phi) is 102. The number of carbonyl (C=O) groups excluding carboxylic acids is 5. The molecule has 1 N–H and O–H groups in total. The van der Waals surface area contributed by atoms with Gasteiger partial charge in [-0.05, 0) is 33.2 Å². The van der Waals surface area contributed by atoms with Gasteiger partial charge in [-0.25, -0.2) is 0 Å². The molecule has 0 saturated heterocycles. The maximum atomic E-state index is 12.0. The summed E-state index contributed by atoms with van der Waals surface area (Å²) in [6, 6.07) is 0. The third-order valence-electron chi connectivity index (χ3n) is 7.60. The van der Waals surface area contributed by atoms with Crippen LogP contribution in [-0.2, 0) is 38.2 Å². The monoisotopic (exact) mass is 1110 g/mol. The molecule has 12 heteroatoms. The standard InChI is InChI=1S/C23H43NO5.C6H11.C5H10O2.C5H11.C4H10.C3H8N.C2H3O.K.U/c1-4-6-8-10-12-14-16-28-22(26)19-24(18-21(3)25)20-23(27)29-17-15-13-11-9-7-5-2;1-4-6(3)5-2;1-3-4-7-5(2)6;1-4-5(2)3;2*1-3-4-2;1-2-3;;/h4-20H2,1-3H3;1,4,6H,5H2,2-3H3;3-4H2,1-2H3;5H,2,4H2,1,3H3;3-4H2,1-2H3;4H,1,3H2,2H3;1H3;;/q;-1;;-1;;2*-1;+1;+2. The number of ether oxygens (including phenoxy) is 3. The summed E-state index contributed by atoms with van der Waals surface area (Å²) in [5, 5.41) is 2.82. The van der Waals surface area contributed by atoms with Crippen LogP contribution < -0.4 is 56.7 Å². The number of unbranched alkanes of at least 4 members (excludes halogenated alkanes) is 11. The van der Waals surface area contributed by atoms with Crippen molar-refractivity contribution in [3.8, 4) is 0 Å². The van der Waals surface area contributed by atoms with Gasteiger partial charge in [0, 0.05) is 6.92 Å². The van der Waals surface area contributed by atoms with Gasteiger partial charge in [0.15, 0.2) is 0 Å². The first-order valence-electron chi connectivity index (χ1n) is 22.4. The van der Waals surface area contributed by atoms with E-state index in [1.54, 1.807) is 6.08 Å². The number of nitrogens with zero attached hydrogens (tertiary/aromatic N) is 1. The van der Waals surface area contributed by atoms with E-state index in [-0.39, 0.29) is 114 Å². The first-order chi connectivity index (χ1) is 27.6. The van der Waals surface area contributed by atoms with Crippen molar-refractivity contribution in [2.24, 2.45) is 11.8 Å². The fraction of sp³-hybridized carbons (Fsp3) is 0.812. The number of esters is 3. The number of allylic oxidation sites excluding steroid dienone is 1. The molecule has 0 aliphatic heterocycles. The number of hydrogen-bond acceptors (Lipinski definition) is 10. The van der Waals surface area contributed by atoms with Crippen molar-refractivity contribution in [3.05, 3.63) is 26.5 Å². The Balaban J connectivity index is -0.0000000965. The van der Waals surface area contributed by atoms with Crippen LogP contribution in [0.2, 0.25) is 0 Å². The zero-order valence-corrected chi connectivity index (χ0v) is 49.2. The molecule has 0 saturated carbocycles. The van der Waals surface area contributed by atoms with E-state index in [4.69, 9.17) is 20.8 Å². The summed E-state index contributed by atoms with van der Waals surface area (Å²) >= 11 is 0. The van der Waals surface area contributed by atoms with Gasteiger partial charge < -0.3 is 44.7 Å². The maximum Gasteiger partial charge on any atom is 2.00 e. The number of ketones is 1. The van der Waals surface area contributed by atoms with Gasteiger partial charge in [0.25, 0.3) is 0 Å². The fourth-order valence-electron chi connectivity index (χ4n) is 3.46. The van der Waals surface area contributed by atoms with Crippen molar-refractivity contribution < 1.29 is 121 Å². The van der Waals surface area contributed by atoms with E-state index in [0.717, 1.165) is 57.9 Å². The largest absolute Gasteiger partial charge is 2.00 e. The molecule has 0 amide bonds. The molecule has 352 valence electrons. The molecule has 60 heavy (non-hydrogen) atoms. The number of nitrogens with one attached hydrogen (secondary N) is 1. The van der Waals surface area contributed by atoms with E-state index in [0.29, 0.717) is 31.7 Å². The first-order valence-corrected chi connectivity index (χ1v) is 22.4. The average molecular weight is 1110 g/mol. The molecule has 10 nitrogen and oxygen atoms in total. The number of carbonyl (C=O) groups is 4. The molecule has 0 aliphatic carbocycles. The Morgan fingerprint density at radius 3 is 1.22 bits per heavy atom. The molecular formula is C48H96KN2O8U-. The molecule has 0 aromatic carbocycles. The molecule has 0 spiro atoms. The van der Waals surface area contributed by atoms with Gasteiger partial charge >= 0.3 is 100 Å². The summed E-state index contributed by atoms with van der Waals surface area (Å²) in [6.07, 6.45) is 22.6. The van der Waals surface area contributed by atoms with Crippen LogP contribution in [0.1, 0.15) is 192 Å². The molecule has 2 atom stereocenters. The van der Waals surface area contributed by atoms with Crippen LogP contribution in [0.5, 0.6) is 0 Å². The van der Waals surface area contributed by atoms with Crippen LogP contribution in [-0.4, -0.2) is 87.9 Å². The Hall–Kier alpha value is 0.0983. The predicted octanol–water partition coefficient (Wildman–Crippen LogP) is 8.50. The minimum absolute atomic E-state index is 0. The molecule has 0 rings (SSSR count). The van der Waals surface area contributed by atoms with Crippen LogP contribution in [0.4, 0.5) is 0 Å².